The number of carbonyl (C=O) groups excluding carboxylic acids is 2. The Morgan fingerprint density at radius 2 is 2.17 bits per heavy atom. The third kappa shape index (κ3) is 5.06. The van der Waals surface area contributed by atoms with Crippen molar-refractivity contribution in [3.63, 3.8) is 0 Å². The third-order valence-electron chi connectivity index (χ3n) is 3.34. The Hall–Kier alpha value is -2.41. The van der Waals surface area contributed by atoms with E-state index in [4.69, 9.17) is 4.74 Å². The maximum atomic E-state index is 11.9. The number of aromatic carboxylic acids is 1. The van der Waals surface area contributed by atoms with Crippen LogP contribution >= 0.6 is 11.3 Å². The zero-order valence-corrected chi connectivity index (χ0v) is 14.4. The fourth-order valence-electron chi connectivity index (χ4n) is 2.13. The lowest BCUT2D eigenvalue weighted by Crippen LogP contribution is -2.29. The molecule has 6 nitrogen and oxygen atoms in total. The van der Waals surface area contributed by atoms with E-state index >= 15 is 0 Å². The van der Waals surface area contributed by atoms with Crippen LogP contribution in [0.5, 0.6) is 5.75 Å². The summed E-state index contributed by atoms with van der Waals surface area (Å²) in [6, 6.07) is 7.82. The van der Waals surface area contributed by atoms with Crippen LogP contribution in [0.4, 0.5) is 0 Å². The number of amides is 1. The number of rotatable bonds is 8. The van der Waals surface area contributed by atoms with Crippen molar-refractivity contribution in [2.75, 3.05) is 13.2 Å². The van der Waals surface area contributed by atoms with Gasteiger partial charge in [0.2, 0.25) is 5.91 Å². The van der Waals surface area contributed by atoms with E-state index in [-0.39, 0.29) is 17.2 Å². The predicted octanol–water partition coefficient (Wildman–Crippen LogP) is 1.12. The predicted molar refractivity (Wildman–Crippen MR) is 89.2 cm³/mol. The highest BCUT2D eigenvalue weighted by Crippen LogP contribution is 2.17. The molecule has 0 bridgehead atoms. The molecule has 0 saturated carbocycles. The molecule has 0 unspecified atom stereocenters. The van der Waals surface area contributed by atoms with Crippen LogP contribution in [0, 0.1) is 6.92 Å². The fraction of sp³-hybridized carbons (Fsp3) is 0.353. The summed E-state index contributed by atoms with van der Waals surface area (Å²) in [5.41, 5.74) is 1.57. The van der Waals surface area contributed by atoms with Crippen molar-refractivity contribution in [1.82, 2.24) is 10.3 Å². The van der Waals surface area contributed by atoms with Gasteiger partial charge < -0.3 is 20.0 Å². The van der Waals surface area contributed by atoms with E-state index in [0.717, 1.165) is 23.5 Å². The van der Waals surface area contributed by atoms with Crippen molar-refractivity contribution < 1.29 is 19.4 Å². The molecular formula is C17H19N2O4S-. The smallest absolute Gasteiger partial charge is 0.226 e. The van der Waals surface area contributed by atoms with Gasteiger partial charge in [-0.3, -0.25) is 4.79 Å². The lowest BCUT2D eigenvalue weighted by atomic mass is 10.2. The van der Waals surface area contributed by atoms with Crippen molar-refractivity contribution in [3.8, 4) is 5.75 Å². The first-order valence-electron chi connectivity index (χ1n) is 7.65. The number of ether oxygens (including phenoxy) is 1. The zero-order chi connectivity index (χ0) is 17.5. The van der Waals surface area contributed by atoms with Crippen molar-refractivity contribution >= 4 is 23.2 Å². The maximum Gasteiger partial charge on any atom is 0.226 e. The van der Waals surface area contributed by atoms with Crippen LogP contribution < -0.4 is 15.2 Å². The molecule has 24 heavy (non-hydrogen) atoms. The van der Waals surface area contributed by atoms with E-state index in [0.29, 0.717) is 23.9 Å². The highest BCUT2D eigenvalue weighted by molar-refractivity contribution is 7.13. The number of nitrogens with one attached hydrogen (secondary N) is 1. The average Bonchev–Trinajstić information content (AvgIpc) is 2.92. The van der Waals surface area contributed by atoms with E-state index in [2.05, 4.69) is 17.2 Å². The van der Waals surface area contributed by atoms with Gasteiger partial charge in [-0.2, -0.15) is 0 Å². The lowest BCUT2D eigenvalue weighted by molar-refractivity contribution is -0.254. The highest BCUT2D eigenvalue weighted by Gasteiger charge is 2.11. The number of hydrogen-bond acceptors (Lipinski definition) is 6. The number of nitrogens with zero attached hydrogens (tertiary/aromatic N) is 1. The summed E-state index contributed by atoms with van der Waals surface area (Å²) in [6.07, 6.45) is 0.985. The molecular weight excluding hydrogens is 328 g/mol. The molecule has 7 heteroatoms. The SMILES string of the molecule is CCc1cccc(OCCNC(=O)Cc2nc(C)c(C(=O)[O-])s2)c1. The van der Waals surface area contributed by atoms with Crippen LogP contribution in [-0.2, 0) is 17.6 Å². The number of aryl methyl sites for hydroxylation is 2. The quantitative estimate of drug-likeness (QED) is 0.723. The lowest BCUT2D eigenvalue weighted by Gasteiger charge is -2.08. The Morgan fingerprint density at radius 3 is 2.83 bits per heavy atom. The third-order valence-corrected chi connectivity index (χ3v) is 4.48. The van der Waals surface area contributed by atoms with Gasteiger partial charge in [-0.05, 0) is 31.0 Å². The van der Waals surface area contributed by atoms with E-state index in [9.17, 15) is 14.7 Å². The average molecular weight is 347 g/mol. The standard InChI is InChI=1S/C17H20N2O4S/c1-3-12-5-4-6-13(9-12)23-8-7-18-14(20)10-15-19-11(2)16(24-15)17(21)22/h4-6,9H,3,7-8,10H2,1-2H3,(H,18,20)(H,21,22)/p-1. The van der Waals surface area contributed by atoms with Crippen LogP contribution in [-0.4, -0.2) is 30.0 Å². The molecule has 128 valence electrons. The molecule has 1 heterocycles. The van der Waals surface area contributed by atoms with Crippen LogP contribution in [0.3, 0.4) is 0 Å². The van der Waals surface area contributed by atoms with Crippen LogP contribution in [0.1, 0.15) is 32.9 Å². The van der Waals surface area contributed by atoms with Gasteiger partial charge in [0, 0.05) is 0 Å². The normalized spacial score (nSPS) is 10.4. The summed E-state index contributed by atoms with van der Waals surface area (Å²) in [4.78, 5) is 26.8. The van der Waals surface area contributed by atoms with E-state index in [1.807, 2.05) is 24.3 Å². The first-order valence-corrected chi connectivity index (χ1v) is 8.47. The largest absolute Gasteiger partial charge is 0.544 e. The number of carboxylic acids is 1. The van der Waals surface area contributed by atoms with Gasteiger partial charge in [0.1, 0.15) is 17.4 Å². The Kier molecular flexibility index (Phi) is 6.31. The highest BCUT2D eigenvalue weighted by atomic mass is 32.1. The summed E-state index contributed by atoms with van der Waals surface area (Å²) in [7, 11) is 0. The molecule has 0 aliphatic rings. The van der Waals surface area contributed by atoms with E-state index < -0.39 is 5.97 Å². The second-order valence-electron chi connectivity index (χ2n) is 5.19. The molecule has 0 fully saturated rings. The van der Waals surface area contributed by atoms with Gasteiger partial charge in [0.15, 0.2) is 0 Å². The number of aromatic nitrogens is 1. The second-order valence-corrected chi connectivity index (χ2v) is 6.27. The summed E-state index contributed by atoms with van der Waals surface area (Å²) in [5.74, 6) is -0.711. The molecule has 2 aromatic rings. The van der Waals surface area contributed by atoms with Gasteiger partial charge >= 0.3 is 0 Å². The Labute approximate surface area is 144 Å². The molecule has 1 amide bonds. The van der Waals surface area contributed by atoms with Crippen LogP contribution in [0.2, 0.25) is 0 Å². The number of benzene rings is 1. The molecule has 1 aromatic heterocycles. The minimum Gasteiger partial charge on any atom is -0.544 e. The van der Waals surface area contributed by atoms with Crippen LogP contribution in [0.25, 0.3) is 0 Å². The minimum atomic E-state index is -1.26. The monoisotopic (exact) mass is 347 g/mol. The molecule has 0 spiro atoms. The van der Waals surface area contributed by atoms with Crippen molar-refractivity contribution in [2.24, 2.45) is 0 Å². The van der Waals surface area contributed by atoms with Gasteiger partial charge in [-0.25, -0.2) is 4.98 Å². The fourth-order valence-corrected chi connectivity index (χ4v) is 3.03. The van der Waals surface area contributed by atoms with E-state index in [1.165, 1.54) is 5.56 Å². The molecule has 0 saturated heterocycles. The molecule has 1 aromatic carbocycles. The molecule has 0 aliphatic heterocycles. The number of carboxylic acid groups (broad SMARTS) is 1. The number of carbonyl (C=O) groups is 2. The summed E-state index contributed by atoms with van der Waals surface area (Å²) >= 11 is 0.971. The Bertz CT molecular complexity index is 727. The van der Waals surface area contributed by atoms with Gasteiger partial charge in [0.25, 0.3) is 0 Å². The van der Waals surface area contributed by atoms with Crippen molar-refractivity contribution in [2.45, 2.75) is 26.7 Å². The maximum absolute atomic E-state index is 11.9. The van der Waals surface area contributed by atoms with Gasteiger partial charge in [-0.1, -0.05) is 19.1 Å². The van der Waals surface area contributed by atoms with Gasteiger partial charge in [-0.15, -0.1) is 11.3 Å². The summed E-state index contributed by atoms with van der Waals surface area (Å²) < 4.78 is 5.59. The molecule has 0 atom stereocenters. The van der Waals surface area contributed by atoms with Crippen LogP contribution in [0.15, 0.2) is 24.3 Å². The minimum absolute atomic E-state index is 0.0457. The summed E-state index contributed by atoms with van der Waals surface area (Å²) in [6.45, 7) is 4.39. The number of hydrogen-bond donors (Lipinski definition) is 1. The van der Waals surface area contributed by atoms with Crippen molar-refractivity contribution in [3.05, 3.63) is 45.4 Å². The van der Waals surface area contributed by atoms with Gasteiger partial charge in [0.05, 0.1) is 29.5 Å². The molecule has 0 aliphatic carbocycles. The molecule has 2 rings (SSSR count). The van der Waals surface area contributed by atoms with E-state index in [1.54, 1.807) is 6.92 Å². The topological polar surface area (TPSA) is 91.3 Å². The Morgan fingerprint density at radius 1 is 1.38 bits per heavy atom. The second kappa shape index (κ2) is 8.44. The summed E-state index contributed by atoms with van der Waals surface area (Å²) in [5, 5.41) is 14.0. The molecule has 1 N–H and O–H groups in total. The van der Waals surface area contributed by atoms with Crippen molar-refractivity contribution in [1.29, 1.82) is 0 Å². The molecule has 0 radical (unpaired) electrons. The Balaban J connectivity index is 1.75. The zero-order valence-electron chi connectivity index (χ0n) is 13.6. The number of thiazole rings is 1. The first kappa shape index (κ1) is 17.9. The first-order chi connectivity index (χ1) is 11.5.